The second-order valence-corrected chi connectivity index (χ2v) is 9.87. The fourth-order valence-corrected chi connectivity index (χ4v) is 5.23. The zero-order valence-electron chi connectivity index (χ0n) is 21.8. The lowest BCUT2D eigenvalue weighted by atomic mass is 10.1. The number of ether oxygens (including phenoxy) is 1. The Morgan fingerprint density at radius 3 is 2.82 bits per heavy atom. The smallest absolute Gasteiger partial charge is 0.302 e. The van der Waals surface area contributed by atoms with E-state index in [-0.39, 0.29) is 18.1 Å². The molecule has 0 radical (unpaired) electrons. The Bertz CT molecular complexity index is 1220. The van der Waals surface area contributed by atoms with Gasteiger partial charge in [0, 0.05) is 75.8 Å². The summed E-state index contributed by atoms with van der Waals surface area (Å²) in [4.78, 5) is 30.0. The topological polar surface area (TPSA) is 122 Å². The molecule has 5 rings (SSSR count). The third-order valence-electron chi connectivity index (χ3n) is 7.00. The maximum atomic E-state index is 11.4. The van der Waals surface area contributed by atoms with Crippen LogP contribution in [0.3, 0.4) is 0 Å². The van der Waals surface area contributed by atoms with E-state index in [4.69, 9.17) is 20.4 Å². The number of nitrogens with one attached hydrogen (secondary N) is 2. The van der Waals surface area contributed by atoms with Crippen LogP contribution in [-0.2, 0) is 16.1 Å². The van der Waals surface area contributed by atoms with E-state index in [9.17, 15) is 4.79 Å². The first-order valence-electron chi connectivity index (χ1n) is 13.3. The molecule has 1 aromatic carbocycles. The van der Waals surface area contributed by atoms with E-state index in [0.717, 1.165) is 68.3 Å². The summed E-state index contributed by atoms with van der Waals surface area (Å²) in [7, 11) is 0. The second kappa shape index (κ2) is 12.3. The van der Waals surface area contributed by atoms with Crippen molar-refractivity contribution in [3.63, 3.8) is 0 Å². The van der Waals surface area contributed by atoms with Gasteiger partial charge in [0.05, 0.1) is 12.2 Å². The summed E-state index contributed by atoms with van der Waals surface area (Å²) >= 11 is 0. The molecule has 0 bridgehead atoms. The molecule has 2 saturated heterocycles. The van der Waals surface area contributed by atoms with E-state index in [2.05, 4.69) is 43.6 Å². The van der Waals surface area contributed by atoms with Crippen LogP contribution < -0.4 is 21.3 Å². The van der Waals surface area contributed by atoms with Gasteiger partial charge in [0.15, 0.2) is 0 Å². The summed E-state index contributed by atoms with van der Waals surface area (Å²) in [5.41, 5.74) is 9.75. The Hall–Kier alpha value is -3.60. The van der Waals surface area contributed by atoms with Crippen molar-refractivity contribution >= 4 is 23.4 Å². The molecule has 2 atom stereocenters. The van der Waals surface area contributed by atoms with Gasteiger partial charge in [-0.1, -0.05) is 12.1 Å². The first-order chi connectivity index (χ1) is 18.6. The molecule has 4 heterocycles. The molecule has 2 aromatic heterocycles. The van der Waals surface area contributed by atoms with Gasteiger partial charge in [0.2, 0.25) is 5.95 Å². The van der Waals surface area contributed by atoms with Crippen molar-refractivity contribution in [1.82, 2.24) is 25.2 Å². The Kier molecular flexibility index (Phi) is 8.42. The van der Waals surface area contributed by atoms with Gasteiger partial charge >= 0.3 is 5.97 Å². The Morgan fingerprint density at radius 2 is 2.05 bits per heavy atom. The molecular weight excluding hydrogens is 480 g/mol. The van der Waals surface area contributed by atoms with Crippen molar-refractivity contribution in [2.45, 2.75) is 38.5 Å². The summed E-state index contributed by atoms with van der Waals surface area (Å²) in [5, 5.41) is 6.75. The molecule has 38 heavy (non-hydrogen) atoms. The van der Waals surface area contributed by atoms with Crippen LogP contribution in [0.2, 0.25) is 0 Å². The predicted molar refractivity (Wildman–Crippen MR) is 148 cm³/mol. The lowest BCUT2D eigenvalue weighted by molar-refractivity contribution is -0.145. The maximum absolute atomic E-state index is 11.4. The van der Waals surface area contributed by atoms with Crippen LogP contribution >= 0.6 is 0 Å². The second-order valence-electron chi connectivity index (χ2n) is 9.87. The summed E-state index contributed by atoms with van der Waals surface area (Å²) < 4.78 is 5.46. The van der Waals surface area contributed by atoms with E-state index < -0.39 is 0 Å². The van der Waals surface area contributed by atoms with Gasteiger partial charge in [-0.2, -0.15) is 0 Å². The molecule has 2 aliphatic rings. The zero-order valence-corrected chi connectivity index (χ0v) is 21.8. The van der Waals surface area contributed by atoms with Crippen LogP contribution in [0, 0.1) is 0 Å². The molecule has 200 valence electrons. The van der Waals surface area contributed by atoms with Crippen LogP contribution in [-0.4, -0.2) is 77.2 Å². The van der Waals surface area contributed by atoms with Crippen molar-refractivity contribution in [3.8, 4) is 11.3 Å². The van der Waals surface area contributed by atoms with Gasteiger partial charge < -0.3 is 26.0 Å². The third-order valence-corrected chi connectivity index (χ3v) is 7.00. The van der Waals surface area contributed by atoms with Crippen molar-refractivity contribution in [2.75, 3.05) is 49.5 Å². The highest BCUT2D eigenvalue weighted by molar-refractivity contribution is 5.66. The van der Waals surface area contributed by atoms with Crippen molar-refractivity contribution in [1.29, 1.82) is 0 Å². The Balaban J connectivity index is 1.26. The minimum absolute atomic E-state index is 0.142. The SMILES string of the molecule is CC(=O)OC1CC(CCN)N(c2ccc(-c3ccnc(Nc4cccc(CN5CCNCC5)c4)n3)cn2)C1. The Labute approximate surface area is 223 Å². The first kappa shape index (κ1) is 26.0. The van der Waals surface area contributed by atoms with Gasteiger partial charge in [-0.3, -0.25) is 9.69 Å². The van der Waals surface area contributed by atoms with E-state index in [1.165, 1.54) is 12.5 Å². The molecule has 4 N–H and O–H groups in total. The van der Waals surface area contributed by atoms with Gasteiger partial charge in [0.25, 0.3) is 0 Å². The van der Waals surface area contributed by atoms with E-state index in [1.54, 1.807) is 6.20 Å². The number of pyridine rings is 1. The van der Waals surface area contributed by atoms with Gasteiger partial charge in [-0.25, -0.2) is 15.0 Å². The van der Waals surface area contributed by atoms with E-state index in [0.29, 0.717) is 19.0 Å². The fourth-order valence-electron chi connectivity index (χ4n) is 5.23. The normalized spacial score (nSPS) is 19.9. The lowest BCUT2D eigenvalue weighted by Crippen LogP contribution is -2.42. The van der Waals surface area contributed by atoms with Crippen LogP contribution in [0.5, 0.6) is 0 Å². The van der Waals surface area contributed by atoms with Crippen LogP contribution in [0.25, 0.3) is 11.3 Å². The molecule has 0 aliphatic carbocycles. The lowest BCUT2D eigenvalue weighted by Gasteiger charge is -2.27. The zero-order chi connectivity index (χ0) is 26.3. The monoisotopic (exact) mass is 516 g/mol. The first-order valence-corrected chi connectivity index (χ1v) is 13.3. The van der Waals surface area contributed by atoms with E-state index in [1.807, 2.05) is 30.5 Å². The van der Waals surface area contributed by atoms with Gasteiger partial charge in [-0.15, -0.1) is 0 Å². The highest BCUT2D eigenvalue weighted by Crippen LogP contribution is 2.29. The number of piperazine rings is 1. The molecule has 0 spiro atoms. The van der Waals surface area contributed by atoms with Crippen LogP contribution in [0.15, 0.2) is 54.9 Å². The maximum Gasteiger partial charge on any atom is 0.302 e. The average Bonchev–Trinajstić information content (AvgIpc) is 3.31. The predicted octanol–water partition coefficient (Wildman–Crippen LogP) is 2.55. The van der Waals surface area contributed by atoms with Crippen molar-refractivity contribution < 1.29 is 9.53 Å². The number of hydrogen-bond acceptors (Lipinski definition) is 10. The molecule has 0 amide bonds. The summed E-state index contributed by atoms with van der Waals surface area (Å²) in [6.07, 6.45) is 5.02. The molecule has 3 aromatic rings. The largest absolute Gasteiger partial charge is 0.461 e. The molecule has 10 heteroatoms. The number of carbonyl (C=O) groups is 1. The van der Waals surface area contributed by atoms with Crippen molar-refractivity contribution in [2.24, 2.45) is 5.73 Å². The quantitative estimate of drug-likeness (QED) is 0.366. The number of carbonyl (C=O) groups excluding carboxylic acids is 1. The third kappa shape index (κ3) is 6.63. The fraction of sp³-hybridized carbons (Fsp3) is 0.429. The number of anilines is 3. The molecule has 10 nitrogen and oxygen atoms in total. The number of aromatic nitrogens is 3. The number of rotatable bonds is 9. The molecule has 2 aliphatic heterocycles. The highest BCUT2D eigenvalue weighted by atomic mass is 16.5. The van der Waals surface area contributed by atoms with Gasteiger partial charge in [0.1, 0.15) is 11.9 Å². The number of nitrogens with zero attached hydrogens (tertiary/aromatic N) is 5. The summed E-state index contributed by atoms with van der Waals surface area (Å²) in [5.74, 6) is 1.12. The van der Waals surface area contributed by atoms with Crippen LogP contribution in [0.4, 0.5) is 17.5 Å². The number of benzene rings is 1. The molecule has 2 fully saturated rings. The highest BCUT2D eigenvalue weighted by Gasteiger charge is 2.34. The minimum atomic E-state index is -0.258. The Morgan fingerprint density at radius 1 is 1.18 bits per heavy atom. The van der Waals surface area contributed by atoms with Crippen LogP contribution in [0.1, 0.15) is 25.3 Å². The average molecular weight is 517 g/mol. The van der Waals surface area contributed by atoms with E-state index >= 15 is 0 Å². The number of nitrogens with two attached hydrogens (primary N) is 1. The molecule has 0 saturated carbocycles. The van der Waals surface area contributed by atoms with Gasteiger partial charge in [-0.05, 0) is 48.9 Å². The van der Waals surface area contributed by atoms with Crippen molar-refractivity contribution in [3.05, 3.63) is 60.4 Å². The summed E-state index contributed by atoms with van der Waals surface area (Å²) in [6, 6.07) is 14.5. The number of hydrogen-bond donors (Lipinski definition) is 3. The number of esters is 1. The molecule has 2 unspecified atom stereocenters. The minimum Gasteiger partial charge on any atom is -0.461 e. The standard InChI is InChI=1S/C28H36N8O2/c1-20(37)38-25-16-24(7-9-29)36(19-25)27-6-5-22(17-32-27)26-8-10-31-28(34-26)33-23-4-2-3-21(15-23)18-35-13-11-30-12-14-35/h2-6,8,10,15,17,24-25,30H,7,9,11-14,16,18-19,29H2,1H3,(H,31,33,34). The summed E-state index contributed by atoms with van der Waals surface area (Å²) in [6.45, 7) is 7.77. The molecular formula is C28H36N8O2.